The molecule has 0 unspecified atom stereocenters. The van der Waals surface area contributed by atoms with E-state index in [1.165, 1.54) is 6.92 Å². The van der Waals surface area contributed by atoms with Gasteiger partial charge in [-0.2, -0.15) is 0 Å². The van der Waals surface area contributed by atoms with Crippen molar-refractivity contribution in [2.45, 2.75) is 58.3 Å². The number of hydrogen-bond donors (Lipinski definition) is 3. The first-order valence-electron chi connectivity index (χ1n) is 11.4. The zero-order valence-corrected chi connectivity index (χ0v) is 23.5. The van der Waals surface area contributed by atoms with Gasteiger partial charge >= 0.3 is 23.9 Å². The number of H-pyrrole nitrogens is 1. The molecule has 1 fully saturated rings. The average molecular weight is 629 g/mol. The lowest BCUT2D eigenvalue weighted by Crippen LogP contribution is -2.66. The number of esters is 4. The Bertz CT molecular complexity index is 1320. The van der Waals surface area contributed by atoms with Gasteiger partial charge in [0.25, 0.3) is 0 Å². The van der Waals surface area contributed by atoms with Crippen LogP contribution in [0.1, 0.15) is 27.7 Å². The normalized spacial score (nSPS) is 22.7. The number of nitrogens with zero attached hydrogens (tertiary/aromatic N) is 2. The topological polar surface area (TPSA) is 187 Å². The van der Waals surface area contributed by atoms with Crippen LogP contribution in [0.4, 0.5) is 5.69 Å². The lowest BCUT2D eigenvalue weighted by atomic mass is 9.97. The second-order valence-electron chi connectivity index (χ2n) is 8.28. The Morgan fingerprint density at radius 1 is 1.03 bits per heavy atom. The molecule has 2 heterocycles. The Morgan fingerprint density at radius 3 is 2.26 bits per heavy atom. The Balaban J connectivity index is 1.92. The molecule has 1 aliphatic heterocycles. The molecule has 39 heavy (non-hydrogen) atoms. The summed E-state index contributed by atoms with van der Waals surface area (Å²) in [5, 5.41) is 21.2. The predicted octanol–water partition coefficient (Wildman–Crippen LogP) is 2.68. The minimum atomic E-state index is -1.38. The number of aromatic amines is 1. The summed E-state index contributed by atoms with van der Waals surface area (Å²) < 4.78 is 27.7. The van der Waals surface area contributed by atoms with Crippen molar-refractivity contribution in [1.29, 1.82) is 0 Å². The Labute approximate surface area is 235 Å². The summed E-state index contributed by atoms with van der Waals surface area (Å²) in [6.45, 7) is 4.11. The molecule has 210 valence electrons. The first kappa shape index (κ1) is 29.9. The predicted molar refractivity (Wildman–Crippen MR) is 140 cm³/mol. The number of nitrogens with one attached hydrogen (secondary N) is 2. The third-order valence-electron chi connectivity index (χ3n) is 5.21. The van der Waals surface area contributed by atoms with Gasteiger partial charge in [0.1, 0.15) is 12.7 Å². The number of fused-ring (bicyclic) bond motifs is 1. The molecule has 0 aliphatic carbocycles. The van der Waals surface area contributed by atoms with E-state index in [9.17, 15) is 24.3 Å². The van der Waals surface area contributed by atoms with Crippen LogP contribution in [0.25, 0.3) is 10.9 Å². The van der Waals surface area contributed by atoms with E-state index in [0.29, 0.717) is 10.9 Å². The third-order valence-corrected chi connectivity index (χ3v) is 5.90. The highest BCUT2D eigenvalue weighted by Gasteiger charge is 2.52. The highest BCUT2D eigenvalue weighted by Crippen LogP contribution is 2.37. The molecular formula is C23H25BrN4O10S. The number of hydrogen-bond acceptors (Lipinski definition) is 12. The number of thiocarbonyl (C=S) groups is 1. The van der Waals surface area contributed by atoms with Crippen molar-refractivity contribution in [1.82, 2.24) is 10.3 Å². The van der Waals surface area contributed by atoms with Crippen LogP contribution in [0.15, 0.2) is 32.9 Å². The fourth-order valence-electron chi connectivity index (χ4n) is 3.83. The zero-order valence-electron chi connectivity index (χ0n) is 21.1. The van der Waals surface area contributed by atoms with E-state index < -0.39 is 61.1 Å². The molecule has 1 aromatic carbocycles. The number of carbonyl (C=O) groups is 4. The number of benzene rings is 1. The Kier molecular flexibility index (Phi) is 9.93. The number of aromatic hydroxyl groups is 1. The smallest absolute Gasteiger partial charge is 0.303 e. The summed E-state index contributed by atoms with van der Waals surface area (Å²) in [6, 6.07) is 5.22. The molecule has 16 heteroatoms. The van der Waals surface area contributed by atoms with Gasteiger partial charge in [-0.15, -0.1) is 10.2 Å². The minimum absolute atomic E-state index is 0.108. The Hall–Kier alpha value is -3.63. The molecule has 2 aromatic rings. The molecular weight excluding hydrogens is 604 g/mol. The van der Waals surface area contributed by atoms with Gasteiger partial charge < -0.3 is 39.1 Å². The monoisotopic (exact) mass is 628 g/mol. The summed E-state index contributed by atoms with van der Waals surface area (Å²) in [7, 11) is 0. The standard InChI is InChI=1S/C23H25BrN4O10S/c1-9(29)34-8-16-18(35-10(2)30)19(36-11(3)31)20(37-12(4)32)22(38-16)26-23(39)28-27-17-14-7-13(24)5-6-15(14)25-21(17)33/h5-7,16,18-20,22,25,33H,8H2,1-4H3,(H,26,39)/t16-,18-,19+,20-,22-/m1/s1. The van der Waals surface area contributed by atoms with Crippen LogP contribution >= 0.6 is 28.1 Å². The second-order valence-corrected chi connectivity index (χ2v) is 9.58. The number of ether oxygens (including phenoxy) is 5. The number of halogens is 1. The Morgan fingerprint density at radius 2 is 1.64 bits per heavy atom. The number of azo groups is 1. The van der Waals surface area contributed by atoms with Crippen molar-refractivity contribution >= 4 is 73.7 Å². The molecule has 0 bridgehead atoms. The summed E-state index contributed by atoms with van der Waals surface area (Å²) in [5.41, 5.74) is 0.708. The molecule has 0 radical (unpaired) electrons. The van der Waals surface area contributed by atoms with Crippen LogP contribution in [0.3, 0.4) is 0 Å². The van der Waals surface area contributed by atoms with Crippen LogP contribution in [-0.2, 0) is 42.9 Å². The maximum atomic E-state index is 11.9. The zero-order chi connectivity index (χ0) is 28.9. The van der Waals surface area contributed by atoms with Crippen LogP contribution in [0.2, 0.25) is 0 Å². The van der Waals surface area contributed by atoms with Crippen molar-refractivity contribution < 1.29 is 48.0 Å². The molecule has 3 rings (SSSR count). The molecule has 0 saturated carbocycles. The van der Waals surface area contributed by atoms with Gasteiger partial charge in [-0.05, 0) is 30.4 Å². The lowest BCUT2D eigenvalue weighted by molar-refractivity contribution is -0.254. The largest absolute Gasteiger partial charge is 0.493 e. The van der Waals surface area contributed by atoms with E-state index in [1.54, 1.807) is 18.2 Å². The first-order chi connectivity index (χ1) is 18.3. The van der Waals surface area contributed by atoms with Crippen molar-refractivity contribution in [2.24, 2.45) is 10.2 Å². The molecule has 0 amide bonds. The number of aromatic nitrogens is 1. The van der Waals surface area contributed by atoms with E-state index >= 15 is 0 Å². The fraction of sp³-hybridized carbons (Fsp3) is 0.435. The SMILES string of the molecule is CC(=O)OC[C@H]1O[C@@H](NC(=S)N=Nc2c(O)[nH]c3ccc(Br)cc23)[C@H](OC(C)=O)[C@@H](OC(C)=O)[C@@H]1OC(C)=O. The summed E-state index contributed by atoms with van der Waals surface area (Å²) >= 11 is 8.62. The van der Waals surface area contributed by atoms with Crippen molar-refractivity contribution in [2.75, 3.05) is 6.61 Å². The molecule has 1 saturated heterocycles. The summed E-state index contributed by atoms with van der Waals surface area (Å²) in [4.78, 5) is 49.9. The van der Waals surface area contributed by atoms with Gasteiger partial charge in [-0.3, -0.25) is 19.2 Å². The third kappa shape index (κ3) is 7.93. The number of carbonyl (C=O) groups excluding carboxylic acids is 4. The highest BCUT2D eigenvalue weighted by molar-refractivity contribution is 9.10. The minimum Gasteiger partial charge on any atom is -0.493 e. The van der Waals surface area contributed by atoms with E-state index in [2.05, 4.69) is 36.5 Å². The highest BCUT2D eigenvalue weighted by atomic mass is 79.9. The van der Waals surface area contributed by atoms with Crippen molar-refractivity contribution in [3.63, 3.8) is 0 Å². The van der Waals surface area contributed by atoms with Crippen LogP contribution < -0.4 is 5.32 Å². The fourth-order valence-corrected chi connectivity index (χ4v) is 4.35. The first-order valence-corrected chi connectivity index (χ1v) is 12.6. The second kappa shape index (κ2) is 12.9. The molecule has 1 aliphatic rings. The van der Waals surface area contributed by atoms with Gasteiger partial charge in [0.05, 0.1) is 5.52 Å². The summed E-state index contributed by atoms with van der Waals surface area (Å²) in [5.74, 6) is -3.19. The molecule has 3 N–H and O–H groups in total. The van der Waals surface area contributed by atoms with E-state index in [1.807, 2.05) is 0 Å². The van der Waals surface area contributed by atoms with E-state index in [4.69, 9.17) is 35.9 Å². The lowest BCUT2D eigenvalue weighted by Gasteiger charge is -2.44. The number of rotatable bonds is 7. The molecule has 1 aromatic heterocycles. The van der Waals surface area contributed by atoms with Gasteiger partial charge in [0.2, 0.25) is 11.0 Å². The van der Waals surface area contributed by atoms with E-state index in [0.717, 1.165) is 25.2 Å². The van der Waals surface area contributed by atoms with E-state index in [-0.39, 0.29) is 16.7 Å². The van der Waals surface area contributed by atoms with Crippen LogP contribution in [0, 0.1) is 0 Å². The quantitative estimate of drug-likeness (QED) is 0.176. The summed E-state index contributed by atoms with van der Waals surface area (Å²) in [6.07, 6.45) is -6.55. The van der Waals surface area contributed by atoms with Crippen LogP contribution in [-0.4, -0.2) is 76.3 Å². The average Bonchev–Trinajstić information content (AvgIpc) is 3.13. The molecule has 5 atom stereocenters. The van der Waals surface area contributed by atoms with Gasteiger partial charge in [0.15, 0.2) is 30.2 Å². The maximum absolute atomic E-state index is 11.9. The molecule has 14 nitrogen and oxygen atoms in total. The van der Waals surface area contributed by atoms with Gasteiger partial charge in [-0.1, -0.05) is 15.9 Å². The molecule has 0 spiro atoms. The van der Waals surface area contributed by atoms with Crippen LogP contribution in [0.5, 0.6) is 5.88 Å². The van der Waals surface area contributed by atoms with Crippen molar-refractivity contribution in [3.05, 3.63) is 22.7 Å². The van der Waals surface area contributed by atoms with Crippen molar-refractivity contribution in [3.8, 4) is 5.88 Å². The maximum Gasteiger partial charge on any atom is 0.303 e. The van der Waals surface area contributed by atoms with Gasteiger partial charge in [0, 0.05) is 37.6 Å². The van der Waals surface area contributed by atoms with Gasteiger partial charge in [-0.25, -0.2) is 0 Å².